The SMILES string of the molecule is S=C1N[C@@H](c2ccccn2)[C@H](c2cccn2C2CCCCC2)N1c1ccc(Oc2ccccc2)cc1. The van der Waals surface area contributed by atoms with Crippen molar-refractivity contribution >= 4 is 23.0 Å². The van der Waals surface area contributed by atoms with Crippen molar-refractivity contribution in [3.8, 4) is 11.5 Å². The summed E-state index contributed by atoms with van der Waals surface area (Å²) in [6, 6.07) is 29.1. The Morgan fingerprint density at radius 2 is 1.56 bits per heavy atom. The van der Waals surface area contributed by atoms with Crippen LogP contribution in [0.25, 0.3) is 0 Å². The van der Waals surface area contributed by atoms with Crippen LogP contribution in [0.1, 0.15) is 61.6 Å². The zero-order valence-corrected chi connectivity index (χ0v) is 21.0. The van der Waals surface area contributed by atoms with Gasteiger partial charge in [-0.3, -0.25) is 4.98 Å². The number of anilines is 1. The van der Waals surface area contributed by atoms with Crippen LogP contribution in [-0.2, 0) is 0 Å². The highest BCUT2D eigenvalue weighted by Crippen LogP contribution is 2.43. The molecular formula is C30H30N4OS. The second-order valence-electron chi connectivity index (χ2n) is 9.54. The molecule has 2 aromatic heterocycles. The van der Waals surface area contributed by atoms with Crippen molar-refractivity contribution < 1.29 is 4.74 Å². The molecule has 1 saturated carbocycles. The molecule has 0 radical (unpaired) electrons. The number of hydrogen-bond acceptors (Lipinski definition) is 3. The second-order valence-corrected chi connectivity index (χ2v) is 9.92. The average molecular weight is 495 g/mol. The molecule has 0 spiro atoms. The van der Waals surface area contributed by atoms with Gasteiger partial charge in [0.25, 0.3) is 0 Å². The lowest BCUT2D eigenvalue weighted by Crippen LogP contribution is -2.31. The van der Waals surface area contributed by atoms with Gasteiger partial charge >= 0.3 is 0 Å². The third kappa shape index (κ3) is 4.49. The van der Waals surface area contributed by atoms with E-state index in [-0.39, 0.29) is 12.1 Å². The molecule has 2 atom stereocenters. The number of hydrogen-bond donors (Lipinski definition) is 1. The topological polar surface area (TPSA) is 42.3 Å². The Morgan fingerprint density at radius 3 is 2.31 bits per heavy atom. The first kappa shape index (κ1) is 22.8. The highest BCUT2D eigenvalue weighted by molar-refractivity contribution is 7.80. The zero-order valence-electron chi connectivity index (χ0n) is 20.2. The number of nitrogens with zero attached hydrogens (tertiary/aromatic N) is 3. The first-order chi connectivity index (χ1) is 17.8. The molecule has 1 aliphatic heterocycles. The molecule has 0 bridgehead atoms. The summed E-state index contributed by atoms with van der Waals surface area (Å²) in [6.07, 6.45) is 10.5. The standard InChI is InChI=1S/C30H30N4OS/c36-30-32-28(26-14-7-8-20-31-26)29(27-15-9-21-33(27)22-10-3-1-4-11-22)34(30)23-16-18-25(19-17-23)35-24-12-5-2-6-13-24/h2,5-9,12-22,28-29H,1,3-4,10-11H2,(H,32,36)/t28-,29-/m0/s1. The number of rotatable bonds is 6. The normalized spacial score (nSPS) is 20.3. The Hall–Kier alpha value is -3.64. The number of pyridine rings is 1. The van der Waals surface area contributed by atoms with Crippen molar-refractivity contribution in [3.63, 3.8) is 0 Å². The highest BCUT2D eigenvalue weighted by Gasteiger charge is 2.42. The van der Waals surface area contributed by atoms with Crippen LogP contribution in [0, 0.1) is 0 Å². The number of ether oxygens (including phenoxy) is 1. The molecule has 3 heterocycles. The van der Waals surface area contributed by atoms with Crippen LogP contribution in [0.15, 0.2) is 97.3 Å². The molecule has 1 N–H and O–H groups in total. The van der Waals surface area contributed by atoms with Crippen LogP contribution in [0.4, 0.5) is 5.69 Å². The van der Waals surface area contributed by atoms with Gasteiger partial charge in [-0.2, -0.15) is 0 Å². The Kier molecular flexibility index (Phi) is 6.43. The van der Waals surface area contributed by atoms with Crippen molar-refractivity contribution in [3.05, 3.63) is 109 Å². The summed E-state index contributed by atoms with van der Waals surface area (Å²) < 4.78 is 8.53. The minimum atomic E-state index is -0.0452. The van der Waals surface area contributed by atoms with E-state index in [9.17, 15) is 0 Å². The summed E-state index contributed by atoms with van der Waals surface area (Å²) in [5, 5.41) is 4.30. The Labute approximate surface area is 217 Å². The molecule has 1 aliphatic carbocycles. The van der Waals surface area contributed by atoms with E-state index in [0.29, 0.717) is 11.2 Å². The van der Waals surface area contributed by atoms with Gasteiger partial charge in [0, 0.05) is 29.8 Å². The summed E-state index contributed by atoms with van der Waals surface area (Å²) in [5.74, 6) is 1.62. The Balaban J connectivity index is 1.36. The maximum Gasteiger partial charge on any atom is 0.174 e. The van der Waals surface area contributed by atoms with E-state index < -0.39 is 0 Å². The number of aromatic nitrogens is 2. The fraction of sp³-hybridized carbons (Fsp3) is 0.267. The van der Waals surface area contributed by atoms with Gasteiger partial charge < -0.3 is 19.5 Å². The molecule has 2 aliphatic rings. The molecule has 0 unspecified atom stereocenters. The quantitative estimate of drug-likeness (QED) is 0.284. The van der Waals surface area contributed by atoms with Gasteiger partial charge in [-0.15, -0.1) is 0 Å². The van der Waals surface area contributed by atoms with E-state index in [2.05, 4.69) is 51.3 Å². The van der Waals surface area contributed by atoms with E-state index in [1.807, 2.05) is 60.8 Å². The third-order valence-electron chi connectivity index (χ3n) is 7.27. The maximum absolute atomic E-state index is 6.03. The molecule has 4 aromatic rings. The number of benzene rings is 2. The largest absolute Gasteiger partial charge is 0.457 e. The molecule has 5 nitrogen and oxygen atoms in total. The molecule has 182 valence electrons. The molecule has 1 saturated heterocycles. The van der Waals surface area contributed by atoms with Crippen molar-refractivity contribution in [2.24, 2.45) is 0 Å². The van der Waals surface area contributed by atoms with Gasteiger partial charge in [-0.05, 0) is 85.7 Å². The van der Waals surface area contributed by atoms with Crippen molar-refractivity contribution in [1.82, 2.24) is 14.9 Å². The van der Waals surface area contributed by atoms with Gasteiger partial charge in [0.15, 0.2) is 5.11 Å². The first-order valence-electron chi connectivity index (χ1n) is 12.8. The van der Waals surface area contributed by atoms with Crippen LogP contribution in [0.3, 0.4) is 0 Å². The van der Waals surface area contributed by atoms with Gasteiger partial charge in [0.1, 0.15) is 17.5 Å². The summed E-state index contributed by atoms with van der Waals surface area (Å²) >= 11 is 5.93. The lowest BCUT2D eigenvalue weighted by atomic mass is 9.94. The van der Waals surface area contributed by atoms with E-state index in [4.69, 9.17) is 21.9 Å². The highest BCUT2D eigenvalue weighted by atomic mass is 32.1. The van der Waals surface area contributed by atoms with E-state index >= 15 is 0 Å². The minimum Gasteiger partial charge on any atom is -0.457 e. The van der Waals surface area contributed by atoms with E-state index in [0.717, 1.165) is 22.9 Å². The van der Waals surface area contributed by atoms with Crippen molar-refractivity contribution in [1.29, 1.82) is 0 Å². The summed E-state index contributed by atoms with van der Waals surface area (Å²) in [4.78, 5) is 6.95. The monoisotopic (exact) mass is 494 g/mol. The average Bonchev–Trinajstić information content (AvgIpc) is 3.55. The van der Waals surface area contributed by atoms with E-state index in [1.165, 1.54) is 37.8 Å². The van der Waals surface area contributed by atoms with Crippen LogP contribution in [0.2, 0.25) is 0 Å². The predicted octanol–water partition coefficient (Wildman–Crippen LogP) is 7.36. The Morgan fingerprint density at radius 1 is 0.806 bits per heavy atom. The fourth-order valence-corrected chi connectivity index (χ4v) is 5.93. The van der Waals surface area contributed by atoms with Gasteiger partial charge in [0.2, 0.25) is 0 Å². The van der Waals surface area contributed by atoms with E-state index in [1.54, 1.807) is 0 Å². The number of thiocarbonyl (C=S) groups is 1. The number of nitrogens with one attached hydrogen (secondary N) is 1. The van der Waals surface area contributed by atoms with Crippen LogP contribution < -0.4 is 15.0 Å². The minimum absolute atomic E-state index is 0.00906. The first-order valence-corrected chi connectivity index (χ1v) is 13.2. The summed E-state index contributed by atoms with van der Waals surface area (Å²) in [7, 11) is 0. The van der Waals surface area contributed by atoms with Gasteiger partial charge in [-0.1, -0.05) is 43.5 Å². The predicted molar refractivity (Wildman–Crippen MR) is 147 cm³/mol. The molecule has 2 fully saturated rings. The second kappa shape index (κ2) is 10.2. The molecule has 0 amide bonds. The molecule has 6 rings (SSSR count). The van der Waals surface area contributed by atoms with Crippen LogP contribution >= 0.6 is 12.2 Å². The lowest BCUT2D eigenvalue weighted by Gasteiger charge is -2.32. The third-order valence-corrected chi connectivity index (χ3v) is 7.59. The smallest absolute Gasteiger partial charge is 0.174 e. The van der Waals surface area contributed by atoms with Gasteiger partial charge in [0.05, 0.1) is 11.7 Å². The Bertz CT molecular complexity index is 1300. The maximum atomic E-state index is 6.03. The summed E-state index contributed by atoms with van der Waals surface area (Å²) in [5.41, 5.74) is 3.30. The summed E-state index contributed by atoms with van der Waals surface area (Å²) in [6.45, 7) is 0. The zero-order chi connectivity index (χ0) is 24.3. The van der Waals surface area contributed by atoms with Crippen molar-refractivity contribution in [2.75, 3.05) is 4.90 Å². The molecule has 36 heavy (non-hydrogen) atoms. The van der Waals surface area contributed by atoms with Crippen LogP contribution in [-0.4, -0.2) is 14.7 Å². The fourth-order valence-electron chi connectivity index (χ4n) is 5.58. The molecule has 6 heteroatoms. The lowest BCUT2D eigenvalue weighted by molar-refractivity contribution is 0.340. The molecule has 2 aromatic carbocycles. The number of para-hydroxylation sites is 1. The van der Waals surface area contributed by atoms with Crippen LogP contribution in [0.5, 0.6) is 11.5 Å². The molecular weight excluding hydrogens is 464 g/mol. The van der Waals surface area contributed by atoms with Crippen molar-refractivity contribution in [2.45, 2.75) is 50.2 Å². The van der Waals surface area contributed by atoms with Gasteiger partial charge in [-0.25, -0.2) is 0 Å².